The van der Waals surface area contributed by atoms with Gasteiger partial charge in [-0.2, -0.15) is 0 Å². The molecule has 0 radical (unpaired) electrons. The predicted octanol–water partition coefficient (Wildman–Crippen LogP) is 0.997. The SMILES string of the molecule is Cn1cnc(NC(=O)CCOc2ccc3c(=O)[nH][nH]c3c2)c1. The topological polar surface area (TPSA) is 105 Å². The minimum atomic E-state index is -0.171. The van der Waals surface area contributed by atoms with Gasteiger partial charge in [0.1, 0.15) is 5.75 Å². The Bertz CT molecular complexity index is 861. The van der Waals surface area contributed by atoms with Gasteiger partial charge in [0.25, 0.3) is 5.56 Å². The maximum atomic E-state index is 11.7. The molecule has 0 saturated heterocycles. The van der Waals surface area contributed by atoms with Crippen LogP contribution < -0.4 is 15.6 Å². The number of hydrogen-bond donors (Lipinski definition) is 3. The van der Waals surface area contributed by atoms with Crippen LogP contribution in [-0.2, 0) is 11.8 Å². The lowest BCUT2D eigenvalue weighted by atomic mass is 10.2. The van der Waals surface area contributed by atoms with Crippen molar-refractivity contribution in [3.8, 4) is 5.75 Å². The monoisotopic (exact) mass is 301 g/mol. The van der Waals surface area contributed by atoms with Crippen LogP contribution in [0, 0.1) is 0 Å². The number of amides is 1. The van der Waals surface area contributed by atoms with Crippen LogP contribution in [0.25, 0.3) is 10.9 Å². The number of imidazole rings is 1. The average Bonchev–Trinajstić information content (AvgIpc) is 3.05. The first kappa shape index (κ1) is 13.9. The first-order valence-electron chi connectivity index (χ1n) is 6.73. The highest BCUT2D eigenvalue weighted by Gasteiger charge is 2.06. The maximum Gasteiger partial charge on any atom is 0.271 e. The summed E-state index contributed by atoms with van der Waals surface area (Å²) in [5, 5.41) is 8.50. The van der Waals surface area contributed by atoms with Crippen LogP contribution in [0.2, 0.25) is 0 Å². The molecule has 1 aromatic carbocycles. The van der Waals surface area contributed by atoms with Crippen molar-refractivity contribution in [3.05, 3.63) is 41.1 Å². The summed E-state index contributed by atoms with van der Waals surface area (Å²) in [4.78, 5) is 27.1. The summed E-state index contributed by atoms with van der Waals surface area (Å²) in [6.45, 7) is 0.235. The molecular formula is C14H15N5O3. The highest BCUT2D eigenvalue weighted by atomic mass is 16.5. The highest BCUT2D eigenvalue weighted by Crippen LogP contribution is 2.16. The van der Waals surface area contributed by atoms with Crippen LogP contribution >= 0.6 is 0 Å². The molecule has 0 fully saturated rings. The van der Waals surface area contributed by atoms with E-state index < -0.39 is 0 Å². The molecular weight excluding hydrogens is 286 g/mol. The number of H-pyrrole nitrogens is 2. The van der Waals surface area contributed by atoms with Gasteiger partial charge in [-0.15, -0.1) is 0 Å². The molecule has 0 bridgehead atoms. The number of ether oxygens (including phenoxy) is 1. The van der Waals surface area contributed by atoms with E-state index in [-0.39, 0.29) is 24.5 Å². The fourth-order valence-corrected chi connectivity index (χ4v) is 2.05. The van der Waals surface area contributed by atoms with E-state index in [4.69, 9.17) is 4.74 Å². The molecule has 114 valence electrons. The Morgan fingerprint density at radius 1 is 1.41 bits per heavy atom. The van der Waals surface area contributed by atoms with Gasteiger partial charge in [-0.1, -0.05) is 0 Å². The first-order chi connectivity index (χ1) is 10.6. The normalized spacial score (nSPS) is 10.8. The molecule has 0 atom stereocenters. The van der Waals surface area contributed by atoms with E-state index in [0.29, 0.717) is 22.5 Å². The minimum Gasteiger partial charge on any atom is -0.493 e. The molecule has 1 amide bonds. The maximum absolute atomic E-state index is 11.7. The van der Waals surface area contributed by atoms with Crippen LogP contribution in [0.1, 0.15) is 6.42 Å². The highest BCUT2D eigenvalue weighted by molar-refractivity contribution is 5.89. The van der Waals surface area contributed by atoms with Gasteiger partial charge in [0, 0.05) is 19.3 Å². The molecule has 2 aromatic heterocycles. The molecule has 8 nitrogen and oxygen atoms in total. The third-order valence-electron chi connectivity index (χ3n) is 3.12. The second kappa shape index (κ2) is 5.76. The number of aromatic amines is 2. The summed E-state index contributed by atoms with van der Waals surface area (Å²) in [6.07, 6.45) is 3.53. The number of aryl methyl sites for hydroxylation is 1. The van der Waals surface area contributed by atoms with Gasteiger partial charge in [0.2, 0.25) is 5.91 Å². The predicted molar refractivity (Wildman–Crippen MR) is 80.9 cm³/mol. The fraction of sp³-hybridized carbons (Fsp3) is 0.214. The summed E-state index contributed by atoms with van der Waals surface area (Å²) in [7, 11) is 1.83. The molecule has 0 unspecified atom stereocenters. The third-order valence-corrected chi connectivity index (χ3v) is 3.12. The van der Waals surface area contributed by atoms with E-state index in [0.717, 1.165) is 0 Å². The van der Waals surface area contributed by atoms with E-state index in [2.05, 4.69) is 20.5 Å². The Morgan fingerprint density at radius 3 is 3.05 bits per heavy atom. The number of hydrogen-bond acceptors (Lipinski definition) is 4. The molecule has 8 heteroatoms. The number of aromatic nitrogens is 4. The Balaban J connectivity index is 1.53. The van der Waals surface area contributed by atoms with Crippen molar-refractivity contribution in [1.29, 1.82) is 0 Å². The quantitative estimate of drug-likeness (QED) is 0.653. The Kier molecular flexibility index (Phi) is 3.65. The van der Waals surface area contributed by atoms with Crippen LogP contribution in [0.3, 0.4) is 0 Å². The first-order valence-corrected chi connectivity index (χ1v) is 6.73. The van der Waals surface area contributed by atoms with E-state index in [1.165, 1.54) is 0 Å². The van der Waals surface area contributed by atoms with Gasteiger partial charge in [0.05, 0.1) is 30.3 Å². The van der Waals surface area contributed by atoms with Crippen LogP contribution in [0.5, 0.6) is 5.75 Å². The zero-order valence-corrected chi connectivity index (χ0v) is 11.9. The molecule has 0 aliphatic rings. The average molecular weight is 301 g/mol. The number of benzene rings is 1. The van der Waals surface area contributed by atoms with E-state index in [1.807, 2.05) is 7.05 Å². The van der Waals surface area contributed by atoms with Crippen molar-refractivity contribution < 1.29 is 9.53 Å². The van der Waals surface area contributed by atoms with Gasteiger partial charge in [0.15, 0.2) is 5.82 Å². The standard InChI is InChI=1S/C14H15N5O3/c1-19-7-12(15-8-19)16-13(20)4-5-22-9-2-3-10-11(6-9)17-18-14(10)21/h2-3,6-8H,4-5H2,1H3,(H,16,20)(H2,17,18,21). The molecule has 3 aromatic rings. The number of anilines is 1. The van der Waals surface area contributed by atoms with Gasteiger partial charge in [-0.05, 0) is 12.1 Å². The summed E-state index contributed by atoms with van der Waals surface area (Å²) < 4.78 is 7.26. The second-order valence-corrected chi connectivity index (χ2v) is 4.86. The van der Waals surface area contributed by atoms with Crippen molar-refractivity contribution in [2.75, 3.05) is 11.9 Å². The van der Waals surface area contributed by atoms with Gasteiger partial charge in [-0.3, -0.25) is 19.8 Å². The fourth-order valence-electron chi connectivity index (χ4n) is 2.05. The Hall–Kier alpha value is -3.03. The van der Waals surface area contributed by atoms with Crippen LogP contribution in [0.4, 0.5) is 5.82 Å². The van der Waals surface area contributed by atoms with Crippen LogP contribution in [-0.4, -0.2) is 32.3 Å². The molecule has 3 rings (SSSR count). The lowest BCUT2D eigenvalue weighted by molar-refractivity contribution is -0.116. The van der Waals surface area contributed by atoms with E-state index in [1.54, 1.807) is 35.3 Å². The summed E-state index contributed by atoms with van der Waals surface area (Å²) in [5.41, 5.74) is 0.497. The van der Waals surface area contributed by atoms with Crippen molar-refractivity contribution in [2.45, 2.75) is 6.42 Å². The number of fused-ring (bicyclic) bond motifs is 1. The number of nitrogens with zero attached hydrogens (tertiary/aromatic N) is 2. The molecule has 2 heterocycles. The summed E-state index contributed by atoms with van der Waals surface area (Å²) in [6, 6.07) is 5.08. The number of carbonyl (C=O) groups is 1. The Labute approximate surface area is 125 Å². The zero-order chi connectivity index (χ0) is 15.5. The number of carbonyl (C=O) groups excluding carboxylic acids is 1. The van der Waals surface area contributed by atoms with Crippen molar-refractivity contribution in [2.24, 2.45) is 7.05 Å². The smallest absolute Gasteiger partial charge is 0.271 e. The third kappa shape index (κ3) is 3.00. The second-order valence-electron chi connectivity index (χ2n) is 4.86. The van der Waals surface area contributed by atoms with Crippen molar-refractivity contribution in [1.82, 2.24) is 19.7 Å². The Morgan fingerprint density at radius 2 is 2.27 bits per heavy atom. The lowest BCUT2D eigenvalue weighted by Crippen LogP contribution is -2.15. The largest absolute Gasteiger partial charge is 0.493 e. The lowest BCUT2D eigenvalue weighted by Gasteiger charge is -2.06. The van der Waals surface area contributed by atoms with Crippen molar-refractivity contribution in [3.63, 3.8) is 0 Å². The number of rotatable bonds is 5. The van der Waals surface area contributed by atoms with Gasteiger partial charge in [-0.25, -0.2) is 4.98 Å². The van der Waals surface area contributed by atoms with E-state index in [9.17, 15) is 9.59 Å². The zero-order valence-electron chi connectivity index (χ0n) is 11.9. The number of nitrogens with one attached hydrogen (secondary N) is 3. The molecule has 0 spiro atoms. The molecule has 0 aliphatic heterocycles. The molecule has 22 heavy (non-hydrogen) atoms. The van der Waals surface area contributed by atoms with Crippen LogP contribution in [0.15, 0.2) is 35.5 Å². The molecule has 3 N–H and O–H groups in total. The summed E-state index contributed by atoms with van der Waals surface area (Å²) in [5.74, 6) is 0.932. The minimum absolute atomic E-state index is 0.170. The summed E-state index contributed by atoms with van der Waals surface area (Å²) >= 11 is 0. The van der Waals surface area contributed by atoms with Gasteiger partial charge >= 0.3 is 0 Å². The molecule has 0 saturated carbocycles. The van der Waals surface area contributed by atoms with E-state index >= 15 is 0 Å². The molecule has 0 aliphatic carbocycles. The van der Waals surface area contributed by atoms with Gasteiger partial charge < -0.3 is 14.6 Å². The van der Waals surface area contributed by atoms with Crippen molar-refractivity contribution >= 4 is 22.6 Å².